The second-order valence-corrected chi connectivity index (χ2v) is 5.16. The van der Waals surface area contributed by atoms with Crippen molar-refractivity contribution in [3.8, 4) is 11.5 Å². The zero-order valence-electron chi connectivity index (χ0n) is 10.8. The van der Waals surface area contributed by atoms with E-state index >= 15 is 0 Å². The number of benzene rings is 1. The molecule has 1 heterocycles. The fraction of sp³-hybridized carbons (Fsp3) is 0.308. The molecule has 0 bridgehead atoms. The molecule has 2 aromatic rings. The fourth-order valence-electron chi connectivity index (χ4n) is 1.71. The number of thiazole rings is 1. The SMILES string of the molecule is COc1ccc(CNCc2nccs2)c(Cl)c1OC. The highest BCUT2D eigenvalue weighted by atomic mass is 35.5. The molecule has 6 heteroatoms. The van der Waals surface area contributed by atoms with E-state index in [4.69, 9.17) is 21.1 Å². The highest BCUT2D eigenvalue weighted by molar-refractivity contribution is 7.09. The summed E-state index contributed by atoms with van der Waals surface area (Å²) in [4.78, 5) is 4.21. The second kappa shape index (κ2) is 6.75. The van der Waals surface area contributed by atoms with Gasteiger partial charge in [0.25, 0.3) is 0 Å². The number of halogens is 1. The summed E-state index contributed by atoms with van der Waals surface area (Å²) in [6, 6.07) is 3.78. The average Bonchev–Trinajstić information content (AvgIpc) is 2.93. The lowest BCUT2D eigenvalue weighted by Gasteiger charge is -2.13. The number of nitrogens with one attached hydrogen (secondary N) is 1. The minimum Gasteiger partial charge on any atom is -0.493 e. The first kappa shape index (κ1) is 14.1. The van der Waals surface area contributed by atoms with Crippen LogP contribution in [-0.2, 0) is 13.1 Å². The Labute approximate surface area is 121 Å². The Kier molecular flexibility index (Phi) is 5.01. The molecule has 0 spiro atoms. The number of methoxy groups -OCH3 is 2. The molecule has 0 amide bonds. The molecule has 1 aromatic heterocycles. The molecule has 0 atom stereocenters. The summed E-state index contributed by atoms with van der Waals surface area (Å²) in [5.41, 5.74) is 0.968. The predicted octanol–water partition coefficient (Wildman–Crippen LogP) is 3.10. The van der Waals surface area contributed by atoms with Gasteiger partial charge >= 0.3 is 0 Å². The Morgan fingerprint density at radius 1 is 1.26 bits per heavy atom. The van der Waals surface area contributed by atoms with Gasteiger partial charge in [-0.15, -0.1) is 11.3 Å². The predicted molar refractivity (Wildman–Crippen MR) is 77.2 cm³/mol. The Balaban J connectivity index is 2.04. The van der Waals surface area contributed by atoms with Crippen LogP contribution >= 0.6 is 22.9 Å². The molecule has 102 valence electrons. The van der Waals surface area contributed by atoms with Crippen molar-refractivity contribution >= 4 is 22.9 Å². The lowest BCUT2D eigenvalue weighted by Crippen LogP contribution is -2.13. The van der Waals surface area contributed by atoms with Gasteiger partial charge in [-0.05, 0) is 11.6 Å². The molecule has 0 saturated carbocycles. The minimum absolute atomic E-state index is 0.567. The summed E-state index contributed by atoms with van der Waals surface area (Å²) in [7, 11) is 3.17. The largest absolute Gasteiger partial charge is 0.493 e. The molecule has 0 saturated heterocycles. The van der Waals surface area contributed by atoms with Gasteiger partial charge < -0.3 is 14.8 Å². The molecule has 0 fully saturated rings. The van der Waals surface area contributed by atoms with Crippen molar-refractivity contribution in [2.45, 2.75) is 13.1 Å². The van der Waals surface area contributed by atoms with Crippen LogP contribution < -0.4 is 14.8 Å². The summed E-state index contributed by atoms with van der Waals surface area (Å²) < 4.78 is 10.5. The molecule has 1 aromatic carbocycles. The molecule has 0 unspecified atom stereocenters. The van der Waals surface area contributed by atoms with E-state index < -0.39 is 0 Å². The first-order valence-corrected chi connectivity index (χ1v) is 7.00. The van der Waals surface area contributed by atoms with Crippen LogP contribution in [0.2, 0.25) is 5.02 Å². The van der Waals surface area contributed by atoms with Gasteiger partial charge in [0.05, 0.1) is 19.2 Å². The van der Waals surface area contributed by atoms with Crippen LogP contribution in [0.5, 0.6) is 11.5 Å². The molecule has 0 aliphatic carbocycles. The molecule has 1 N–H and O–H groups in total. The van der Waals surface area contributed by atoms with Gasteiger partial charge in [-0.2, -0.15) is 0 Å². The van der Waals surface area contributed by atoms with Gasteiger partial charge in [0.2, 0.25) is 0 Å². The van der Waals surface area contributed by atoms with Crippen molar-refractivity contribution in [2.75, 3.05) is 14.2 Å². The third-order valence-electron chi connectivity index (χ3n) is 2.64. The van der Waals surface area contributed by atoms with Gasteiger partial charge in [-0.1, -0.05) is 17.7 Å². The van der Waals surface area contributed by atoms with Crippen LogP contribution in [-0.4, -0.2) is 19.2 Å². The third-order valence-corrected chi connectivity index (χ3v) is 3.83. The highest BCUT2D eigenvalue weighted by Crippen LogP contribution is 2.37. The van der Waals surface area contributed by atoms with Crippen molar-refractivity contribution in [3.05, 3.63) is 39.3 Å². The maximum atomic E-state index is 6.30. The van der Waals surface area contributed by atoms with E-state index in [1.807, 2.05) is 17.5 Å². The van der Waals surface area contributed by atoms with E-state index in [1.165, 1.54) is 0 Å². The monoisotopic (exact) mass is 298 g/mol. The van der Waals surface area contributed by atoms with Crippen molar-refractivity contribution in [1.82, 2.24) is 10.3 Å². The zero-order chi connectivity index (χ0) is 13.7. The number of ether oxygens (including phenoxy) is 2. The summed E-state index contributed by atoms with van der Waals surface area (Å²) in [6.07, 6.45) is 1.80. The van der Waals surface area contributed by atoms with E-state index in [9.17, 15) is 0 Å². The first-order chi connectivity index (χ1) is 9.26. The third kappa shape index (κ3) is 3.37. The Morgan fingerprint density at radius 2 is 2.11 bits per heavy atom. The standard InChI is InChI=1S/C13H15ClN2O2S/c1-17-10-4-3-9(12(14)13(10)18-2)7-15-8-11-16-5-6-19-11/h3-6,15H,7-8H2,1-2H3. The lowest BCUT2D eigenvalue weighted by atomic mass is 10.2. The van der Waals surface area contributed by atoms with Crippen LogP contribution in [0.15, 0.2) is 23.7 Å². The second-order valence-electron chi connectivity index (χ2n) is 3.80. The average molecular weight is 299 g/mol. The molecule has 0 radical (unpaired) electrons. The smallest absolute Gasteiger partial charge is 0.179 e. The van der Waals surface area contributed by atoms with Crippen LogP contribution in [0.25, 0.3) is 0 Å². The molecule has 0 aliphatic heterocycles. The lowest BCUT2D eigenvalue weighted by molar-refractivity contribution is 0.354. The van der Waals surface area contributed by atoms with Crippen molar-refractivity contribution < 1.29 is 9.47 Å². The molecule has 4 nitrogen and oxygen atoms in total. The van der Waals surface area contributed by atoms with Gasteiger partial charge in [0.15, 0.2) is 11.5 Å². The van der Waals surface area contributed by atoms with E-state index in [0.29, 0.717) is 23.1 Å². The normalized spacial score (nSPS) is 10.5. The van der Waals surface area contributed by atoms with Gasteiger partial charge in [-0.3, -0.25) is 0 Å². The number of aromatic nitrogens is 1. The number of hydrogen-bond donors (Lipinski definition) is 1. The quantitative estimate of drug-likeness (QED) is 0.890. The fourth-order valence-corrected chi connectivity index (χ4v) is 2.60. The summed E-state index contributed by atoms with van der Waals surface area (Å²) in [5, 5.41) is 6.89. The first-order valence-electron chi connectivity index (χ1n) is 5.74. The van der Waals surface area contributed by atoms with Gasteiger partial charge in [-0.25, -0.2) is 4.98 Å². The maximum absolute atomic E-state index is 6.30. The molecule has 0 aliphatic rings. The molecular formula is C13H15ClN2O2S. The topological polar surface area (TPSA) is 43.4 Å². The Bertz CT molecular complexity index is 532. The van der Waals surface area contributed by atoms with Crippen molar-refractivity contribution in [3.63, 3.8) is 0 Å². The van der Waals surface area contributed by atoms with Gasteiger partial charge in [0, 0.05) is 24.7 Å². The molecule has 19 heavy (non-hydrogen) atoms. The highest BCUT2D eigenvalue weighted by Gasteiger charge is 2.12. The van der Waals surface area contributed by atoms with E-state index in [1.54, 1.807) is 31.8 Å². The maximum Gasteiger partial charge on any atom is 0.179 e. The van der Waals surface area contributed by atoms with Crippen LogP contribution in [0.1, 0.15) is 10.6 Å². The Morgan fingerprint density at radius 3 is 2.74 bits per heavy atom. The van der Waals surface area contributed by atoms with Crippen molar-refractivity contribution in [1.29, 1.82) is 0 Å². The van der Waals surface area contributed by atoms with E-state index in [2.05, 4.69) is 10.3 Å². The van der Waals surface area contributed by atoms with Crippen LogP contribution in [0.4, 0.5) is 0 Å². The molecule has 2 rings (SSSR count). The number of rotatable bonds is 6. The molecular weight excluding hydrogens is 284 g/mol. The summed E-state index contributed by atoms with van der Waals surface area (Å²) >= 11 is 7.92. The Hall–Kier alpha value is -1.30. The number of nitrogens with zero attached hydrogens (tertiary/aromatic N) is 1. The minimum atomic E-state index is 0.567. The van der Waals surface area contributed by atoms with Crippen LogP contribution in [0.3, 0.4) is 0 Å². The van der Waals surface area contributed by atoms with E-state index in [0.717, 1.165) is 17.1 Å². The van der Waals surface area contributed by atoms with E-state index in [-0.39, 0.29) is 0 Å². The summed E-state index contributed by atoms with van der Waals surface area (Å²) in [5.74, 6) is 1.20. The van der Waals surface area contributed by atoms with Crippen LogP contribution in [0, 0.1) is 0 Å². The number of hydrogen-bond acceptors (Lipinski definition) is 5. The zero-order valence-corrected chi connectivity index (χ0v) is 12.3. The van der Waals surface area contributed by atoms with Gasteiger partial charge in [0.1, 0.15) is 5.01 Å². The summed E-state index contributed by atoms with van der Waals surface area (Å²) in [6.45, 7) is 1.38. The van der Waals surface area contributed by atoms with Crippen molar-refractivity contribution in [2.24, 2.45) is 0 Å².